The monoisotopic (exact) mass is 516 g/mol. The van der Waals surface area contributed by atoms with E-state index in [1.54, 1.807) is 24.3 Å². The molecule has 0 spiro atoms. The van der Waals surface area contributed by atoms with Crippen LogP contribution >= 0.6 is 11.6 Å². The zero-order chi connectivity index (χ0) is 25.4. The van der Waals surface area contributed by atoms with Gasteiger partial charge in [0.1, 0.15) is 24.7 Å². The number of halogens is 1. The molecule has 3 aromatic carbocycles. The molecule has 186 valence electrons. The van der Waals surface area contributed by atoms with Crippen LogP contribution in [0.1, 0.15) is 18.1 Å². The lowest BCUT2D eigenvalue weighted by Crippen LogP contribution is -2.42. The molecule has 0 saturated carbocycles. The topological polar surface area (TPSA) is 84.9 Å². The van der Waals surface area contributed by atoms with Crippen LogP contribution < -0.4 is 19.1 Å². The Morgan fingerprint density at radius 1 is 1.03 bits per heavy atom. The molecule has 0 heterocycles. The van der Waals surface area contributed by atoms with Crippen LogP contribution in [0.3, 0.4) is 0 Å². The summed E-state index contributed by atoms with van der Waals surface area (Å²) in [5.41, 5.74) is 2.38. The van der Waals surface area contributed by atoms with Crippen LogP contribution in [0.5, 0.6) is 11.5 Å². The van der Waals surface area contributed by atoms with Crippen LogP contribution in [0.4, 0.5) is 5.69 Å². The van der Waals surface area contributed by atoms with Crippen LogP contribution in [0.25, 0.3) is 0 Å². The summed E-state index contributed by atoms with van der Waals surface area (Å²) in [4.78, 5) is 12.8. The first kappa shape index (κ1) is 26.4. The van der Waals surface area contributed by atoms with Gasteiger partial charge in [0, 0.05) is 0 Å². The normalized spacial score (nSPS) is 11.1. The molecule has 0 fully saturated rings. The smallest absolute Gasteiger partial charge is 0.264 e. The number of benzene rings is 3. The van der Waals surface area contributed by atoms with Crippen LogP contribution in [-0.4, -0.2) is 41.1 Å². The lowest BCUT2D eigenvalue weighted by molar-refractivity contribution is -0.119. The van der Waals surface area contributed by atoms with Crippen molar-refractivity contribution in [3.05, 3.63) is 82.9 Å². The van der Waals surface area contributed by atoms with Gasteiger partial charge < -0.3 is 14.8 Å². The summed E-state index contributed by atoms with van der Waals surface area (Å²) in [6, 6.07) is 18.7. The Balaban J connectivity index is 1.72. The zero-order valence-electron chi connectivity index (χ0n) is 20.0. The molecule has 3 aromatic rings. The minimum Gasteiger partial charge on any atom is -0.495 e. The highest BCUT2D eigenvalue weighted by atomic mass is 35.5. The number of nitrogens with one attached hydrogen (secondary N) is 1. The van der Waals surface area contributed by atoms with E-state index in [0.717, 1.165) is 16.3 Å². The molecule has 3 rings (SSSR count). The van der Waals surface area contributed by atoms with Gasteiger partial charge in [0.15, 0.2) is 0 Å². The van der Waals surface area contributed by atoms with Crippen molar-refractivity contribution in [3.8, 4) is 11.5 Å². The largest absolute Gasteiger partial charge is 0.495 e. The molecule has 0 bridgehead atoms. The maximum atomic E-state index is 13.5. The number of anilines is 1. The number of ether oxygens (including phenoxy) is 2. The van der Waals surface area contributed by atoms with E-state index in [-0.39, 0.29) is 28.8 Å². The molecule has 9 heteroatoms. The van der Waals surface area contributed by atoms with Crippen molar-refractivity contribution in [1.29, 1.82) is 0 Å². The van der Waals surface area contributed by atoms with Gasteiger partial charge in [-0.15, -0.1) is 0 Å². The zero-order valence-corrected chi connectivity index (χ0v) is 21.5. The number of rotatable bonds is 11. The number of hydrogen-bond acceptors (Lipinski definition) is 5. The SMILES string of the molecule is CCc1ccc(OCCNC(=O)CN(c2ccc(OC)c(Cl)c2)S(=O)(=O)c2ccc(C)cc2)cc1. The summed E-state index contributed by atoms with van der Waals surface area (Å²) < 4.78 is 38.8. The second kappa shape index (κ2) is 12.0. The van der Waals surface area contributed by atoms with Crippen molar-refractivity contribution in [2.24, 2.45) is 0 Å². The summed E-state index contributed by atoms with van der Waals surface area (Å²) in [6.45, 7) is 3.98. The molecule has 7 nitrogen and oxygen atoms in total. The van der Waals surface area contributed by atoms with Crippen molar-refractivity contribution < 1.29 is 22.7 Å². The Hall–Kier alpha value is -3.23. The fraction of sp³-hybridized carbons (Fsp3) is 0.269. The number of carbonyl (C=O) groups is 1. The lowest BCUT2D eigenvalue weighted by atomic mass is 10.2. The summed E-state index contributed by atoms with van der Waals surface area (Å²) in [5, 5.41) is 2.95. The van der Waals surface area contributed by atoms with E-state index in [1.807, 2.05) is 31.2 Å². The van der Waals surface area contributed by atoms with Gasteiger partial charge in [-0.25, -0.2) is 8.42 Å². The molecule has 0 aliphatic rings. The third kappa shape index (κ3) is 6.90. The highest BCUT2D eigenvalue weighted by Gasteiger charge is 2.27. The van der Waals surface area contributed by atoms with Gasteiger partial charge in [-0.1, -0.05) is 48.4 Å². The molecule has 0 aliphatic heterocycles. The highest BCUT2D eigenvalue weighted by molar-refractivity contribution is 7.92. The maximum Gasteiger partial charge on any atom is 0.264 e. The third-order valence-electron chi connectivity index (χ3n) is 5.34. The first-order chi connectivity index (χ1) is 16.7. The third-order valence-corrected chi connectivity index (χ3v) is 7.43. The van der Waals surface area contributed by atoms with Crippen LogP contribution in [0, 0.1) is 6.92 Å². The highest BCUT2D eigenvalue weighted by Crippen LogP contribution is 2.32. The number of hydrogen-bond donors (Lipinski definition) is 1. The van der Waals surface area contributed by atoms with Gasteiger partial charge >= 0.3 is 0 Å². The average Bonchev–Trinajstić information content (AvgIpc) is 2.85. The first-order valence-corrected chi connectivity index (χ1v) is 13.0. The van der Waals surface area contributed by atoms with Crippen LogP contribution in [0.2, 0.25) is 5.02 Å². The van der Waals surface area contributed by atoms with E-state index >= 15 is 0 Å². The minimum absolute atomic E-state index is 0.0710. The van der Waals surface area contributed by atoms with Gasteiger partial charge in [-0.2, -0.15) is 0 Å². The first-order valence-electron chi connectivity index (χ1n) is 11.2. The average molecular weight is 517 g/mol. The van der Waals surface area contributed by atoms with Gasteiger partial charge in [-0.3, -0.25) is 9.10 Å². The van der Waals surface area contributed by atoms with Crippen molar-refractivity contribution in [2.75, 3.05) is 31.1 Å². The number of nitrogens with zero attached hydrogens (tertiary/aromatic N) is 1. The fourth-order valence-corrected chi connectivity index (χ4v) is 4.99. The van der Waals surface area contributed by atoms with Gasteiger partial charge in [-0.05, 0) is 61.4 Å². The molecular weight excluding hydrogens is 488 g/mol. The summed E-state index contributed by atoms with van der Waals surface area (Å²) in [5.74, 6) is 0.627. The van der Waals surface area contributed by atoms with Crippen molar-refractivity contribution in [2.45, 2.75) is 25.2 Å². The number of aryl methyl sites for hydroxylation is 2. The molecule has 0 saturated heterocycles. The summed E-state index contributed by atoms with van der Waals surface area (Å²) >= 11 is 6.24. The molecule has 1 N–H and O–H groups in total. The van der Waals surface area contributed by atoms with Crippen LogP contribution in [0.15, 0.2) is 71.6 Å². The Bertz CT molecular complexity index is 1250. The van der Waals surface area contributed by atoms with E-state index in [1.165, 1.54) is 30.9 Å². The number of sulfonamides is 1. The Morgan fingerprint density at radius 3 is 2.31 bits per heavy atom. The molecule has 35 heavy (non-hydrogen) atoms. The van der Waals surface area contributed by atoms with Crippen LogP contribution in [-0.2, 0) is 21.2 Å². The molecule has 0 radical (unpaired) electrons. The minimum atomic E-state index is -4.04. The van der Waals surface area contributed by atoms with E-state index in [2.05, 4.69) is 12.2 Å². The lowest BCUT2D eigenvalue weighted by Gasteiger charge is -2.24. The second-order valence-corrected chi connectivity index (χ2v) is 10.1. The quantitative estimate of drug-likeness (QED) is 0.376. The molecule has 0 aromatic heterocycles. The molecule has 1 amide bonds. The van der Waals surface area contributed by atoms with Gasteiger partial charge in [0.2, 0.25) is 5.91 Å². The molecule has 0 atom stereocenters. The number of carbonyl (C=O) groups excluding carboxylic acids is 1. The predicted molar refractivity (Wildman–Crippen MR) is 138 cm³/mol. The predicted octanol–water partition coefficient (Wildman–Crippen LogP) is 4.61. The Labute approximate surface area is 211 Å². The molecule has 0 aliphatic carbocycles. The fourth-order valence-electron chi connectivity index (χ4n) is 3.33. The second-order valence-electron chi connectivity index (χ2n) is 7.84. The van der Waals surface area contributed by atoms with Crippen molar-refractivity contribution in [3.63, 3.8) is 0 Å². The van der Waals surface area contributed by atoms with Gasteiger partial charge in [0.05, 0.1) is 29.3 Å². The maximum absolute atomic E-state index is 13.5. The Morgan fingerprint density at radius 2 is 1.71 bits per heavy atom. The summed E-state index contributed by atoms with van der Waals surface area (Å²) in [7, 11) is -2.57. The van der Waals surface area contributed by atoms with E-state index in [9.17, 15) is 13.2 Å². The molecule has 0 unspecified atom stereocenters. The van der Waals surface area contributed by atoms with Gasteiger partial charge in [0.25, 0.3) is 10.0 Å². The number of amides is 1. The van der Waals surface area contributed by atoms with E-state index in [0.29, 0.717) is 11.5 Å². The van der Waals surface area contributed by atoms with Crippen molar-refractivity contribution >= 4 is 33.2 Å². The summed E-state index contributed by atoms with van der Waals surface area (Å²) in [6.07, 6.45) is 0.942. The van der Waals surface area contributed by atoms with Crippen molar-refractivity contribution in [1.82, 2.24) is 5.32 Å². The number of methoxy groups -OCH3 is 1. The van der Waals surface area contributed by atoms with E-state index in [4.69, 9.17) is 21.1 Å². The Kier molecular flexibility index (Phi) is 9.01. The molecular formula is C26H29ClN2O5S. The van der Waals surface area contributed by atoms with E-state index < -0.39 is 22.5 Å². The standard InChI is InChI=1S/C26H29ClN2O5S/c1-4-20-7-10-22(11-8-20)34-16-15-28-26(30)18-29(21-9-14-25(33-3)24(27)17-21)35(31,32)23-12-5-19(2)6-13-23/h5-14,17H,4,15-16,18H2,1-3H3,(H,28,30).